The number of rotatable bonds is 5. The van der Waals surface area contributed by atoms with E-state index in [0.717, 1.165) is 0 Å². The molecule has 9 heteroatoms. The Morgan fingerprint density at radius 1 is 0.870 bits per heavy atom. The molecule has 0 radical (unpaired) electrons. The highest BCUT2D eigenvalue weighted by atomic mass is 16.7. The maximum Gasteiger partial charge on any atom is 0.506 e. The zero-order valence-electron chi connectivity index (χ0n) is 11.5. The van der Waals surface area contributed by atoms with Crippen molar-refractivity contribution in [3.63, 3.8) is 0 Å². The lowest BCUT2D eigenvalue weighted by Crippen LogP contribution is -2.11. The van der Waals surface area contributed by atoms with Gasteiger partial charge in [0, 0.05) is 24.3 Å². The molecule has 0 aliphatic rings. The third-order valence-corrected chi connectivity index (χ3v) is 3.03. The monoisotopic (exact) mass is 318 g/mol. The van der Waals surface area contributed by atoms with Crippen molar-refractivity contribution in [3.8, 4) is 0 Å². The third kappa shape index (κ3) is 3.79. The molecule has 1 N–H and O–H groups in total. The quantitative estimate of drug-likeness (QED) is 0.508. The minimum atomic E-state index is -1.54. The first-order valence-electron chi connectivity index (χ1n) is 6.27. The van der Waals surface area contributed by atoms with Crippen molar-refractivity contribution >= 4 is 17.5 Å². The summed E-state index contributed by atoms with van der Waals surface area (Å²) >= 11 is 0. The van der Waals surface area contributed by atoms with E-state index in [1.165, 1.54) is 48.5 Å². The Morgan fingerprint density at radius 2 is 1.22 bits per heavy atom. The fourth-order valence-corrected chi connectivity index (χ4v) is 1.97. The van der Waals surface area contributed by atoms with Gasteiger partial charge in [-0.2, -0.15) is 0 Å². The number of carboxylic acid groups (broad SMARTS) is 1. The van der Waals surface area contributed by atoms with Gasteiger partial charge in [-0.1, -0.05) is 0 Å². The Balaban J connectivity index is 2.38. The van der Waals surface area contributed by atoms with Gasteiger partial charge in [-0.25, -0.2) is 4.79 Å². The topological polar surface area (TPSA) is 133 Å². The van der Waals surface area contributed by atoms with Crippen LogP contribution in [0.1, 0.15) is 17.2 Å². The number of nitro groups is 2. The Hall–Kier alpha value is -3.49. The van der Waals surface area contributed by atoms with Gasteiger partial charge in [-0.3, -0.25) is 20.2 Å². The highest BCUT2D eigenvalue weighted by Gasteiger charge is 2.20. The van der Waals surface area contributed by atoms with E-state index in [4.69, 9.17) is 9.84 Å². The van der Waals surface area contributed by atoms with Crippen LogP contribution in [0.4, 0.5) is 16.2 Å². The van der Waals surface area contributed by atoms with Crippen LogP contribution in [0, 0.1) is 20.2 Å². The average Bonchev–Trinajstić information content (AvgIpc) is 2.52. The van der Waals surface area contributed by atoms with Crippen molar-refractivity contribution in [1.82, 2.24) is 0 Å². The first-order chi connectivity index (χ1) is 10.9. The van der Waals surface area contributed by atoms with Crippen molar-refractivity contribution in [1.29, 1.82) is 0 Å². The molecule has 0 atom stereocenters. The van der Waals surface area contributed by atoms with Gasteiger partial charge >= 0.3 is 6.16 Å². The molecular formula is C14H10N2O7. The van der Waals surface area contributed by atoms with E-state index >= 15 is 0 Å². The van der Waals surface area contributed by atoms with E-state index in [9.17, 15) is 25.0 Å². The number of hydrogen-bond donors (Lipinski definition) is 1. The minimum Gasteiger partial charge on any atom is -0.450 e. The van der Waals surface area contributed by atoms with Crippen LogP contribution in [0.2, 0.25) is 0 Å². The predicted molar refractivity (Wildman–Crippen MR) is 77.1 cm³/mol. The number of benzene rings is 2. The van der Waals surface area contributed by atoms with Gasteiger partial charge in [0.2, 0.25) is 0 Å². The van der Waals surface area contributed by atoms with E-state index < -0.39 is 22.1 Å². The largest absolute Gasteiger partial charge is 0.506 e. The van der Waals surface area contributed by atoms with Crippen LogP contribution in [-0.2, 0) is 4.74 Å². The number of non-ortho nitro benzene ring substituents is 2. The summed E-state index contributed by atoms with van der Waals surface area (Å²) in [5.41, 5.74) is 0.441. The van der Waals surface area contributed by atoms with Gasteiger partial charge in [0.15, 0.2) is 6.10 Å². The van der Waals surface area contributed by atoms with Crippen LogP contribution >= 0.6 is 0 Å². The smallest absolute Gasteiger partial charge is 0.450 e. The van der Waals surface area contributed by atoms with E-state index in [2.05, 4.69) is 0 Å². The average molecular weight is 318 g/mol. The van der Waals surface area contributed by atoms with Crippen molar-refractivity contribution in [2.24, 2.45) is 0 Å². The van der Waals surface area contributed by atoms with Crippen LogP contribution < -0.4 is 0 Å². The molecule has 0 aliphatic heterocycles. The Bertz CT molecular complexity index is 683. The first-order valence-corrected chi connectivity index (χ1v) is 6.27. The maximum absolute atomic E-state index is 10.9. The molecule has 9 nitrogen and oxygen atoms in total. The van der Waals surface area contributed by atoms with Crippen molar-refractivity contribution in [2.45, 2.75) is 6.10 Å². The molecular weight excluding hydrogens is 308 g/mol. The van der Waals surface area contributed by atoms with Crippen molar-refractivity contribution in [2.75, 3.05) is 0 Å². The molecule has 2 rings (SSSR count). The summed E-state index contributed by atoms with van der Waals surface area (Å²) < 4.78 is 4.80. The van der Waals surface area contributed by atoms with Gasteiger partial charge in [0.05, 0.1) is 9.85 Å². The van der Waals surface area contributed by atoms with Gasteiger partial charge < -0.3 is 9.84 Å². The lowest BCUT2D eigenvalue weighted by molar-refractivity contribution is -0.385. The zero-order chi connectivity index (χ0) is 17.0. The SMILES string of the molecule is O=C(O)OC(c1ccc([N+](=O)[O-])cc1)c1ccc([N+](=O)[O-])cc1. The van der Waals surface area contributed by atoms with Gasteiger partial charge in [-0.05, 0) is 35.4 Å². The third-order valence-electron chi connectivity index (χ3n) is 3.03. The number of hydrogen-bond acceptors (Lipinski definition) is 6. The van der Waals surface area contributed by atoms with E-state index in [0.29, 0.717) is 11.1 Å². The molecule has 0 spiro atoms. The second-order valence-corrected chi connectivity index (χ2v) is 4.46. The van der Waals surface area contributed by atoms with Crippen LogP contribution in [0.15, 0.2) is 48.5 Å². The van der Waals surface area contributed by atoms with Crippen molar-refractivity contribution < 1.29 is 24.5 Å². The lowest BCUT2D eigenvalue weighted by Gasteiger charge is -2.16. The maximum atomic E-state index is 10.9. The Morgan fingerprint density at radius 3 is 1.48 bits per heavy atom. The van der Waals surface area contributed by atoms with E-state index in [-0.39, 0.29) is 11.4 Å². The molecule has 0 heterocycles. The predicted octanol–water partition coefficient (Wildman–Crippen LogP) is 3.29. The number of nitro benzene ring substituents is 2. The second-order valence-electron chi connectivity index (χ2n) is 4.46. The van der Waals surface area contributed by atoms with E-state index in [1.807, 2.05) is 0 Å². The molecule has 0 bridgehead atoms. The standard InChI is InChI=1S/C14H10N2O7/c17-14(18)23-13(9-1-5-11(6-2-9)15(19)20)10-3-7-12(8-4-10)16(21)22/h1-8,13H,(H,17,18). The minimum absolute atomic E-state index is 0.147. The number of carbonyl (C=O) groups is 1. The molecule has 0 aromatic heterocycles. The summed E-state index contributed by atoms with van der Waals surface area (Å²) in [4.78, 5) is 31.0. The van der Waals surface area contributed by atoms with Crippen LogP contribution in [0.25, 0.3) is 0 Å². The first kappa shape index (κ1) is 15.9. The molecule has 23 heavy (non-hydrogen) atoms. The summed E-state index contributed by atoms with van der Waals surface area (Å²) in [6.45, 7) is 0. The molecule has 0 unspecified atom stereocenters. The molecule has 118 valence electrons. The normalized spacial score (nSPS) is 10.3. The molecule has 0 aliphatic carbocycles. The fraction of sp³-hybridized carbons (Fsp3) is 0.0714. The fourth-order valence-electron chi connectivity index (χ4n) is 1.97. The van der Waals surface area contributed by atoms with Crippen molar-refractivity contribution in [3.05, 3.63) is 79.9 Å². The molecule has 2 aromatic rings. The number of nitrogens with zero attached hydrogens (tertiary/aromatic N) is 2. The molecule has 0 saturated carbocycles. The molecule has 2 aromatic carbocycles. The summed E-state index contributed by atoms with van der Waals surface area (Å²) in [6, 6.07) is 10.4. The summed E-state index contributed by atoms with van der Waals surface area (Å²) in [7, 11) is 0. The van der Waals surface area contributed by atoms with E-state index in [1.54, 1.807) is 0 Å². The Kier molecular flexibility index (Phi) is 4.50. The second kappa shape index (κ2) is 6.52. The van der Waals surface area contributed by atoms with Gasteiger partial charge in [0.1, 0.15) is 0 Å². The molecule has 0 amide bonds. The lowest BCUT2D eigenvalue weighted by atomic mass is 10.0. The van der Waals surface area contributed by atoms with Gasteiger partial charge in [-0.15, -0.1) is 0 Å². The van der Waals surface area contributed by atoms with Crippen LogP contribution in [-0.4, -0.2) is 21.1 Å². The summed E-state index contributed by atoms with van der Waals surface area (Å²) in [5.74, 6) is 0. The van der Waals surface area contributed by atoms with Gasteiger partial charge in [0.25, 0.3) is 11.4 Å². The van der Waals surface area contributed by atoms with Crippen LogP contribution in [0.3, 0.4) is 0 Å². The number of ether oxygens (including phenoxy) is 1. The Labute approximate surface area is 129 Å². The molecule has 0 saturated heterocycles. The van der Waals surface area contributed by atoms with Crippen LogP contribution in [0.5, 0.6) is 0 Å². The summed E-state index contributed by atoms with van der Waals surface area (Å²) in [5, 5.41) is 30.1. The highest BCUT2D eigenvalue weighted by molar-refractivity contribution is 5.58. The zero-order valence-corrected chi connectivity index (χ0v) is 11.5. The highest BCUT2D eigenvalue weighted by Crippen LogP contribution is 2.29. The molecule has 0 fully saturated rings. The summed E-state index contributed by atoms with van der Waals surface area (Å²) in [6.07, 6.45) is -2.58.